The lowest BCUT2D eigenvalue weighted by molar-refractivity contribution is 0.0425. The van der Waals surface area contributed by atoms with Crippen LogP contribution in [0.15, 0.2) is 30.3 Å². The fourth-order valence-electron chi connectivity index (χ4n) is 2.35. The molecule has 1 unspecified atom stereocenters. The number of nitrogens with zero attached hydrogens (tertiary/aromatic N) is 1. The first-order valence-corrected chi connectivity index (χ1v) is 7.11. The molecular weight excluding hydrogens is 272 g/mol. The summed E-state index contributed by atoms with van der Waals surface area (Å²) in [4.78, 5) is 23.8. The van der Waals surface area contributed by atoms with Crippen LogP contribution < -0.4 is 5.32 Å². The van der Waals surface area contributed by atoms with Crippen LogP contribution in [-0.2, 0) is 11.2 Å². The molecule has 1 aromatic rings. The Hall–Kier alpha value is -2.24. The Morgan fingerprint density at radius 2 is 2.10 bits per heavy atom. The second-order valence-corrected chi connectivity index (χ2v) is 5.06. The van der Waals surface area contributed by atoms with Crippen molar-refractivity contribution in [2.45, 2.75) is 25.4 Å². The molecule has 0 aromatic heterocycles. The Balaban J connectivity index is 1.68. The smallest absolute Gasteiger partial charge is 0.407 e. The fourth-order valence-corrected chi connectivity index (χ4v) is 2.35. The van der Waals surface area contributed by atoms with Gasteiger partial charge in [0.05, 0.1) is 6.54 Å². The van der Waals surface area contributed by atoms with Crippen LogP contribution in [0.4, 0.5) is 9.59 Å². The molecule has 114 valence electrons. The van der Waals surface area contributed by atoms with E-state index in [4.69, 9.17) is 9.84 Å². The summed E-state index contributed by atoms with van der Waals surface area (Å²) in [6.45, 7) is 1.25. The van der Waals surface area contributed by atoms with Crippen LogP contribution in [0, 0.1) is 0 Å². The highest BCUT2D eigenvalue weighted by Gasteiger charge is 2.25. The van der Waals surface area contributed by atoms with Crippen molar-refractivity contribution in [1.82, 2.24) is 10.2 Å². The molecule has 1 atom stereocenters. The third-order valence-electron chi connectivity index (χ3n) is 3.45. The zero-order valence-electron chi connectivity index (χ0n) is 11.8. The number of piperidine rings is 1. The Bertz CT molecular complexity index is 478. The quantitative estimate of drug-likeness (QED) is 0.890. The molecule has 0 aliphatic carbocycles. The van der Waals surface area contributed by atoms with Crippen molar-refractivity contribution in [1.29, 1.82) is 0 Å². The molecule has 1 heterocycles. The third-order valence-corrected chi connectivity index (χ3v) is 3.45. The molecule has 6 heteroatoms. The summed E-state index contributed by atoms with van der Waals surface area (Å²) in [5, 5.41) is 11.6. The molecule has 1 aromatic carbocycles. The van der Waals surface area contributed by atoms with E-state index in [2.05, 4.69) is 5.32 Å². The van der Waals surface area contributed by atoms with Crippen LogP contribution >= 0.6 is 0 Å². The summed E-state index contributed by atoms with van der Waals surface area (Å²) in [6.07, 6.45) is 0.356. The predicted molar refractivity (Wildman–Crippen MR) is 77.2 cm³/mol. The van der Waals surface area contributed by atoms with Crippen LogP contribution in [0.5, 0.6) is 0 Å². The molecule has 0 radical (unpaired) electrons. The monoisotopic (exact) mass is 292 g/mol. The van der Waals surface area contributed by atoms with Crippen LogP contribution in [-0.4, -0.2) is 47.9 Å². The van der Waals surface area contributed by atoms with Gasteiger partial charge in [-0.2, -0.15) is 0 Å². The standard InChI is InChI=1S/C15H20N2O4/c18-14(16-9-8-12-5-2-1-3-6-12)21-13-7-4-10-17(11-13)15(19)20/h1-3,5-6,13H,4,7-11H2,(H,16,18)(H,19,20). The van der Waals surface area contributed by atoms with Gasteiger partial charge in [-0.25, -0.2) is 9.59 Å². The van der Waals surface area contributed by atoms with Crippen molar-refractivity contribution in [3.8, 4) is 0 Å². The number of nitrogens with one attached hydrogen (secondary N) is 1. The van der Waals surface area contributed by atoms with Gasteiger partial charge in [0, 0.05) is 13.1 Å². The minimum absolute atomic E-state index is 0.251. The second-order valence-electron chi connectivity index (χ2n) is 5.06. The van der Waals surface area contributed by atoms with E-state index >= 15 is 0 Å². The summed E-state index contributed by atoms with van der Waals surface area (Å²) in [5.74, 6) is 0. The molecule has 2 rings (SSSR count). The van der Waals surface area contributed by atoms with Gasteiger partial charge in [0.25, 0.3) is 0 Å². The molecule has 1 saturated heterocycles. The second kappa shape index (κ2) is 7.52. The number of carboxylic acid groups (broad SMARTS) is 1. The number of hydrogen-bond acceptors (Lipinski definition) is 3. The SMILES string of the molecule is O=C(NCCc1ccccc1)OC1CCCN(C(=O)O)C1. The van der Waals surface area contributed by atoms with Crippen molar-refractivity contribution in [3.63, 3.8) is 0 Å². The lowest BCUT2D eigenvalue weighted by atomic mass is 10.1. The summed E-state index contributed by atoms with van der Waals surface area (Å²) in [5.41, 5.74) is 1.15. The maximum absolute atomic E-state index is 11.7. The van der Waals surface area contributed by atoms with Crippen molar-refractivity contribution in [3.05, 3.63) is 35.9 Å². The van der Waals surface area contributed by atoms with E-state index in [0.717, 1.165) is 12.0 Å². The molecule has 1 aliphatic rings. The van der Waals surface area contributed by atoms with Crippen LogP contribution in [0.3, 0.4) is 0 Å². The van der Waals surface area contributed by atoms with Gasteiger partial charge < -0.3 is 20.1 Å². The number of alkyl carbamates (subject to hydrolysis) is 1. The Kier molecular flexibility index (Phi) is 5.43. The van der Waals surface area contributed by atoms with Crippen molar-refractivity contribution >= 4 is 12.2 Å². The highest BCUT2D eigenvalue weighted by molar-refractivity contribution is 5.68. The van der Waals surface area contributed by atoms with E-state index in [-0.39, 0.29) is 12.6 Å². The molecular formula is C15H20N2O4. The average molecular weight is 292 g/mol. The van der Waals surface area contributed by atoms with Crippen LogP contribution in [0.25, 0.3) is 0 Å². The van der Waals surface area contributed by atoms with Crippen LogP contribution in [0.1, 0.15) is 18.4 Å². The van der Waals surface area contributed by atoms with Crippen molar-refractivity contribution in [2.24, 2.45) is 0 Å². The highest BCUT2D eigenvalue weighted by Crippen LogP contribution is 2.13. The molecule has 21 heavy (non-hydrogen) atoms. The predicted octanol–water partition coefficient (Wildman–Crippen LogP) is 2.10. The zero-order valence-corrected chi connectivity index (χ0v) is 11.8. The Labute approximate surface area is 123 Å². The lowest BCUT2D eigenvalue weighted by Gasteiger charge is -2.30. The Morgan fingerprint density at radius 1 is 1.33 bits per heavy atom. The molecule has 0 saturated carbocycles. The van der Waals surface area contributed by atoms with E-state index in [0.29, 0.717) is 25.9 Å². The van der Waals surface area contributed by atoms with Gasteiger partial charge in [-0.05, 0) is 24.8 Å². The highest BCUT2D eigenvalue weighted by atomic mass is 16.6. The van der Waals surface area contributed by atoms with Gasteiger partial charge in [0.1, 0.15) is 6.10 Å². The first kappa shape index (κ1) is 15.2. The van der Waals surface area contributed by atoms with Gasteiger partial charge in [0.15, 0.2) is 0 Å². The van der Waals surface area contributed by atoms with E-state index < -0.39 is 12.2 Å². The number of carbonyl (C=O) groups is 2. The molecule has 6 nitrogen and oxygen atoms in total. The third kappa shape index (κ3) is 4.98. The molecule has 0 bridgehead atoms. The fraction of sp³-hybridized carbons (Fsp3) is 0.467. The van der Waals surface area contributed by atoms with Gasteiger partial charge in [-0.1, -0.05) is 30.3 Å². The molecule has 2 amide bonds. The maximum atomic E-state index is 11.7. The lowest BCUT2D eigenvalue weighted by Crippen LogP contribution is -2.44. The summed E-state index contributed by atoms with van der Waals surface area (Å²) >= 11 is 0. The number of ether oxygens (including phenoxy) is 1. The summed E-state index contributed by atoms with van der Waals surface area (Å²) in [7, 11) is 0. The van der Waals surface area contributed by atoms with Crippen molar-refractivity contribution in [2.75, 3.05) is 19.6 Å². The number of carbonyl (C=O) groups excluding carboxylic acids is 1. The Morgan fingerprint density at radius 3 is 2.81 bits per heavy atom. The number of hydrogen-bond donors (Lipinski definition) is 2. The molecule has 1 aliphatic heterocycles. The minimum Gasteiger partial charge on any atom is -0.465 e. The van der Waals surface area contributed by atoms with E-state index in [1.165, 1.54) is 4.90 Å². The van der Waals surface area contributed by atoms with Gasteiger partial charge in [-0.3, -0.25) is 0 Å². The molecule has 2 N–H and O–H groups in total. The van der Waals surface area contributed by atoms with E-state index in [1.54, 1.807) is 0 Å². The number of benzene rings is 1. The largest absolute Gasteiger partial charge is 0.465 e. The summed E-state index contributed by atoms with van der Waals surface area (Å²) < 4.78 is 5.25. The molecule has 0 spiro atoms. The number of likely N-dealkylation sites (tertiary alicyclic amines) is 1. The minimum atomic E-state index is -0.965. The topological polar surface area (TPSA) is 78.9 Å². The first-order valence-electron chi connectivity index (χ1n) is 7.11. The number of rotatable bonds is 4. The van der Waals surface area contributed by atoms with Gasteiger partial charge in [-0.15, -0.1) is 0 Å². The van der Waals surface area contributed by atoms with E-state index in [1.807, 2.05) is 30.3 Å². The number of amides is 2. The summed E-state index contributed by atoms with van der Waals surface area (Å²) in [6, 6.07) is 9.85. The van der Waals surface area contributed by atoms with Gasteiger partial charge >= 0.3 is 12.2 Å². The van der Waals surface area contributed by atoms with Crippen molar-refractivity contribution < 1.29 is 19.4 Å². The normalized spacial score (nSPS) is 18.1. The van der Waals surface area contributed by atoms with E-state index in [9.17, 15) is 9.59 Å². The first-order chi connectivity index (χ1) is 10.1. The maximum Gasteiger partial charge on any atom is 0.407 e. The molecule has 1 fully saturated rings. The van der Waals surface area contributed by atoms with Crippen LogP contribution in [0.2, 0.25) is 0 Å². The average Bonchev–Trinajstić information content (AvgIpc) is 2.48. The van der Waals surface area contributed by atoms with Gasteiger partial charge in [0.2, 0.25) is 0 Å². The zero-order chi connectivity index (χ0) is 15.1.